The van der Waals surface area contributed by atoms with Gasteiger partial charge in [0.2, 0.25) is 0 Å². The normalized spacial score (nSPS) is 20.4. The number of halogens is 4. The summed E-state index contributed by atoms with van der Waals surface area (Å²) < 4.78 is 72.3. The molecule has 2 aromatic carbocycles. The molecule has 14 heteroatoms. The fourth-order valence-electron chi connectivity index (χ4n) is 6.96. The second-order valence-corrected chi connectivity index (χ2v) is 14.6. The number of amides is 2. The minimum Gasteiger partial charge on any atom is -0.444 e. The summed E-state index contributed by atoms with van der Waals surface area (Å²) in [5, 5.41) is 7.73. The van der Waals surface area contributed by atoms with Crippen molar-refractivity contribution in [1.82, 2.24) is 24.6 Å². The second-order valence-electron chi connectivity index (χ2n) is 14.6. The van der Waals surface area contributed by atoms with Crippen molar-refractivity contribution in [3.05, 3.63) is 76.4 Å². The molecule has 0 aliphatic carbocycles. The summed E-state index contributed by atoms with van der Waals surface area (Å²) in [7, 11) is 1.64. The maximum atomic E-state index is 16.0. The number of piperazine rings is 1. The van der Waals surface area contributed by atoms with Gasteiger partial charge in [-0.2, -0.15) is 13.2 Å². The number of aromatic nitrogens is 3. The zero-order valence-corrected chi connectivity index (χ0v) is 28.6. The first-order valence-electron chi connectivity index (χ1n) is 16.4. The van der Waals surface area contributed by atoms with Gasteiger partial charge in [0, 0.05) is 50.5 Å². The monoisotopic (exact) mass is 686 g/mol. The highest BCUT2D eigenvalue weighted by atomic mass is 19.4. The number of anilines is 1. The molecular weight excluding hydrogens is 644 g/mol. The average molecular weight is 687 g/mol. The van der Waals surface area contributed by atoms with Gasteiger partial charge < -0.3 is 23.8 Å². The van der Waals surface area contributed by atoms with Crippen LogP contribution in [0.3, 0.4) is 0 Å². The van der Waals surface area contributed by atoms with Crippen molar-refractivity contribution in [3.63, 3.8) is 0 Å². The predicted molar refractivity (Wildman–Crippen MR) is 173 cm³/mol. The Morgan fingerprint density at radius 2 is 1.86 bits per heavy atom. The Labute approximate surface area is 283 Å². The molecule has 2 amide bonds. The Morgan fingerprint density at radius 1 is 1.12 bits per heavy atom. The molecule has 1 aromatic heterocycles. The Hall–Kier alpha value is -4.04. The van der Waals surface area contributed by atoms with Gasteiger partial charge in [-0.25, -0.2) is 9.18 Å². The number of fused-ring (bicyclic) bond motifs is 1. The maximum Gasteiger partial charge on any atom is 0.416 e. The van der Waals surface area contributed by atoms with Gasteiger partial charge in [-0.15, -0.1) is 10.2 Å². The van der Waals surface area contributed by atoms with Crippen LogP contribution in [0.25, 0.3) is 0 Å². The van der Waals surface area contributed by atoms with E-state index in [4.69, 9.17) is 9.47 Å². The van der Waals surface area contributed by atoms with E-state index in [1.54, 1.807) is 63.1 Å². The lowest BCUT2D eigenvalue weighted by Crippen LogP contribution is -2.56. The third kappa shape index (κ3) is 6.64. The molecule has 2 saturated heterocycles. The number of aryl methyl sites for hydroxylation is 1. The number of alkyl halides is 4. The summed E-state index contributed by atoms with van der Waals surface area (Å²) in [6.45, 7) is 10.6. The van der Waals surface area contributed by atoms with Gasteiger partial charge in [0.1, 0.15) is 11.9 Å². The molecule has 6 rings (SSSR count). The molecule has 2 fully saturated rings. The van der Waals surface area contributed by atoms with E-state index >= 15 is 4.39 Å². The number of rotatable bonds is 7. The highest BCUT2D eigenvalue weighted by Gasteiger charge is 2.51. The van der Waals surface area contributed by atoms with Crippen molar-refractivity contribution in [2.24, 2.45) is 13.0 Å². The molecule has 0 saturated carbocycles. The lowest BCUT2D eigenvalue weighted by molar-refractivity contribution is -0.138. The van der Waals surface area contributed by atoms with Crippen LogP contribution >= 0.6 is 0 Å². The molecule has 49 heavy (non-hydrogen) atoms. The van der Waals surface area contributed by atoms with E-state index in [2.05, 4.69) is 15.1 Å². The summed E-state index contributed by atoms with van der Waals surface area (Å²) in [6, 6.07) is 9.25. The topological polar surface area (TPSA) is 93.0 Å². The number of carbonyl (C=O) groups excluding carboxylic acids is 2. The minimum atomic E-state index is -4.70. The van der Waals surface area contributed by atoms with Gasteiger partial charge in [-0.3, -0.25) is 9.69 Å². The van der Waals surface area contributed by atoms with Crippen LogP contribution in [0.15, 0.2) is 42.7 Å². The Kier molecular flexibility index (Phi) is 9.01. The summed E-state index contributed by atoms with van der Waals surface area (Å²) in [6.07, 6.45) is -5.27. The van der Waals surface area contributed by atoms with Crippen LogP contribution in [0.4, 0.5) is 28.0 Å². The van der Waals surface area contributed by atoms with Gasteiger partial charge >= 0.3 is 12.3 Å². The highest BCUT2D eigenvalue weighted by molar-refractivity contribution is 6.10. The summed E-state index contributed by atoms with van der Waals surface area (Å²) in [5.41, 5.74) is -1.41. The third-order valence-corrected chi connectivity index (χ3v) is 9.66. The molecule has 0 radical (unpaired) electrons. The Bertz CT molecular complexity index is 1730. The van der Waals surface area contributed by atoms with Crippen molar-refractivity contribution in [1.29, 1.82) is 0 Å². The fraction of sp³-hybridized carbons (Fsp3) is 0.543. The summed E-state index contributed by atoms with van der Waals surface area (Å²) in [4.78, 5) is 31.7. The van der Waals surface area contributed by atoms with Gasteiger partial charge in [0.25, 0.3) is 5.91 Å². The van der Waals surface area contributed by atoms with Crippen molar-refractivity contribution in [2.75, 3.05) is 37.7 Å². The molecule has 3 aromatic rings. The van der Waals surface area contributed by atoms with Crippen molar-refractivity contribution in [2.45, 2.75) is 77.1 Å². The molecule has 0 N–H and O–H groups in total. The zero-order chi connectivity index (χ0) is 35.5. The summed E-state index contributed by atoms with van der Waals surface area (Å²) >= 11 is 0. The van der Waals surface area contributed by atoms with Crippen LogP contribution in [0.2, 0.25) is 0 Å². The Balaban J connectivity index is 1.27. The first kappa shape index (κ1) is 34.8. The molecule has 10 nitrogen and oxygen atoms in total. The Morgan fingerprint density at radius 3 is 2.45 bits per heavy atom. The van der Waals surface area contributed by atoms with E-state index in [0.29, 0.717) is 36.4 Å². The molecular formula is C35H42F4N6O4. The van der Waals surface area contributed by atoms with Crippen LogP contribution in [-0.2, 0) is 41.2 Å². The van der Waals surface area contributed by atoms with Gasteiger partial charge in [-0.1, -0.05) is 26.0 Å². The number of carbonyl (C=O) groups is 2. The molecule has 0 bridgehead atoms. The quantitative estimate of drug-likeness (QED) is 0.280. The number of ether oxygens (including phenoxy) is 2. The lowest BCUT2D eigenvalue weighted by Gasteiger charge is -2.43. The van der Waals surface area contributed by atoms with Gasteiger partial charge in [-0.05, 0) is 67.6 Å². The summed E-state index contributed by atoms with van der Waals surface area (Å²) in [5.74, 6) is -0.335. The lowest BCUT2D eigenvalue weighted by atomic mass is 9.74. The average Bonchev–Trinajstić information content (AvgIpc) is 3.57. The van der Waals surface area contributed by atoms with E-state index in [-0.39, 0.29) is 55.2 Å². The third-order valence-electron chi connectivity index (χ3n) is 9.66. The van der Waals surface area contributed by atoms with E-state index < -0.39 is 40.9 Å². The van der Waals surface area contributed by atoms with Crippen LogP contribution in [0.1, 0.15) is 79.2 Å². The first-order valence-corrected chi connectivity index (χ1v) is 16.4. The van der Waals surface area contributed by atoms with Crippen LogP contribution in [0, 0.1) is 5.92 Å². The molecule has 0 spiro atoms. The van der Waals surface area contributed by atoms with Crippen LogP contribution in [0.5, 0.6) is 0 Å². The van der Waals surface area contributed by atoms with E-state index in [1.807, 2.05) is 13.8 Å². The molecule has 1 unspecified atom stereocenters. The number of hydrogen-bond donors (Lipinski definition) is 0. The fourth-order valence-corrected chi connectivity index (χ4v) is 6.96. The van der Waals surface area contributed by atoms with E-state index in [1.165, 1.54) is 15.8 Å². The smallest absolute Gasteiger partial charge is 0.416 e. The molecule has 264 valence electrons. The van der Waals surface area contributed by atoms with E-state index in [9.17, 15) is 22.8 Å². The molecule has 3 aliphatic heterocycles. The maximum absolute atomic E-state index is 16.0. The van der Waals surface area contributed by atoms with Gasteiger partial charge in [0.15, 0.2) is 12.0 Å². The second kappa shape index (κ2) is 12.7. The minimum absolute atomic E-state index is 0.00661. The molecule has 3 aliphatic rings. The van der Waals surface area contributed by atoms with Crippen molar-refractivity contribution >= 4 is 17.7 Å². The van der Waals surface area contributed by atoms with Gasteiger partial charge in [0.05, 0.1) is 30.7 Å². The highest BCUT2D eigenvalue weighted by Crippen LogP contribution is 2.47. The standard InChI is InChI=1S/C35H42F4N6O4/c1-21(2)28-17-44(32(47)49-33(3,4)5)11-10-43(28)15-22-12-25-26(27(13-22)35(37,38)39)16-45(31(25)46)24-9-7-8-23(14-24)34(18-48-19-34)29(36)30-41-40-20-42(30)6/h7-9,12-14,20-21,28-29H,10-11,15-19H2,1-6H3/t28-,29?/m1/s1. The zero-order valence-electron chi connectivity index (χ0n) is 28.6. The number of nitrogens with zero attached hydrogens (tertiary/aromatic N) is 6. The number of hydrogen-bond acceptors (Lipinski definition) is 7. The van der Waals surface area contributed by atoms with Crippen molar-refractivity contribution < 1.29 is 36.6 Å². The SMILES string of the molecule is CC(C)[C@H]1CN(C(=O)OC(C)(C)C)CCN1Cc1cc2c(c(C(F)(F)F)c1)CN(c1cccc(C3(C(F)c4nncn4C)COC3)c1)C2=O. The molecule has 2 atom stereocenters. The van der Waals surface area contributed by atoms with Crippen LogP contribution < -0.4 is 4.90 Å². The van der Waals surface area contributed by atoms with Crippen molar-refractivity contribution in [3.8, 4) is 0 Å². The largest absolute Gasteiger partial charge is 0.444 e. The van der Waals surface area contributed by atoms with E-state index in [0.717, 1.165) is 6.07 Å². The molecule has 4 heterocycles. The first-order chi connectivity index (χ1) is 23.0. The van der Waals surface area contributed by atoms with Crippen LogP contribution in [-0.4, -0.2) is 81.1 Å². The number of benzene rings is 2. The predicted octanol–water partition coefficient (Wildman–Crippen LogP) is 6.05.